The molecular formula is C15H28N2O3. The van der Waals surface area contributed by atoms with Crippen LogP contribution in [0.2, 0.25) is 0 Å². The van der Waals surface area contributed by atoms with Gasteiger partial charge in [-0.15, -0.1) is 0 Å². The van der Waals surface area contributed by atoms with Gasteiger partial charge >= 0.3 is 12.0 Å². The molecular weight excluding hydrogens is 256 g/mol. The fourth-order valence-corrected chi connectivity index (χ4v) is 3.07. The van der Waals surface area contributed by atoms with E-state index in [-0.39, 0.29) is 12.1 Å². The van der Waals surface area contributed by atoms with Crippen LogP contribution >= 0.6 is 0 Å². The second kappa shape index (κ2) is 6.46. The molecule has 0 aliphatic heterocycles. The fourth-order valence-electron chi connectivity index (χ4n) is 3.07. The molecule has 20 heavy (non-hydrogen) atoms. The van der Waals surface area contributed by atoms with Gasteiger partial charge in [0.1, 0.15) is 6.04 Å². The second-order valence-electron chi connectivity index (χ2n) is 7.37. The van der Waals surface area contributed by atoms with Crippen LogP contribution in [-0.4, -0.2) is 29.2 Å². The smallest absolute Gasteiger partial charge is 0.326 e. The molecule has 3 atom stereocenters. The van der Waals surface area contributed by atoms with Crippen molar-refractivity contribution >= 4 is 12.0 Å². The summed E-state index contributed by atoms with van der Waals surface area (Å²) in [5.74, 6) is 0.196. The number of nitrogens with one attached hydrogen (secondary N) is 2. The summed E-state index contributed by atoms with van der Waals surface area (Å²) < 4.78 is 0. The summed E-state index contributed by atoms with van der Waals surface area (Å²) in [5, 5.41) is 14.7. The molecule has 116 valence electrons. The standard InChI is InChI=1S/C15H28N2O3/c1-9-6-10(2)8-11(7-9)16-14(20)17-12(13(18)19)15(3,4)5/h9-12H,6-8H2,1-5H3,(H,18,19)(H2,16,17,20)/t9?,10?,11?,12-/m1/s1. The molecule has 0 radical (unpaired) electrons. The van der Waals surface area contributed by atoms with Gasteiger partial charge in [-0.2, -0.15) is 0 Å². The number of hydrogen-bond acceptors (Lipinski definition) is 2. The molecule has 1 rings (SSSR count). The Bertz CT molecular complexity index is 353. The van der Waals surface area contributed by atoms with Gasteiger partial charge in [0.15, 0.2) is 0 Å². The van der Waals surface area contributed by atoms with Crippen LogP contribution in [0, 0.1) is 17.3 Å². The Balaban J connectivity index is 2.56. The summed E-state index contributed by atoms with van der Waals surface area (Å²) in [6.45, 7) is 9.79. The Hall–Kier alpha value is -1.26. The lowest BCUT2D eigenvalue weighted by molar-refractivity contribution is -0.141. The van der Waals surface area contributed by atoms with Crippen LogP contribution in [0.1, 0.15) is 53.9 Å². The first-order valence-electron chi connectivity index (χ1n) is 7.39. The van der Waals surface area contributed by atoms with Crippen LogP contribution in [0.4, 0.5) is 4.79 Å². The van der Waals surface area contributed by atoms with Gasteiger partial charge < -0.3 is 15.7 Å². The predicted octanol–water partition coefficient (Wildman–Crippen LogP) is 2.61. The number of carbonyl (C=O) groups is 2. The number of hydrogen-bond donors (Lipinski definition) is 3. The van der Waals surface area contributed by atoms with Crippen molar-refractivity contribution in [3.63, 3.8) is 0 Å². The highest BCUT2D eigenvalue weighted by Crippen LogP contribution is 2.28. The van der Waals surface area contributed by atoms with Crippen LogP contribution in [0.15, 0.2) is 0 Å². The maximum atomic E-state index is 12.0. The van der Waals surface area contributed by atoms with E-state index in [4.69, 9.17) is 0 Å². The molecule has 2 unspecified atom stereocenters. The van der Waals surface area contributed by atoms with Crippen LogP contribution < -0.4 is 10.6 Å². The van der Waals surface area contributed by atoms with E-state index < -0.39 is 17.4 Å². The maximum absolute atomic E-state index is 12.0. The van der Waals surface area contributed by atoms with Crippen molar-refractivity contribution in [3.8, 4) is 0 Å². The number of aliphatic carboxylic acids is 1. The third-order valence-electron chi connectivity index (χ3n) is 3.90. The largest absolute Gasteiger partial charge is 0.480 e. The summed E-state index contributed by atoms with van der Waals surface area (Å²) in [6, 6.07) is -1.12. The van der Waals surface area contributed by atoms with E-state index in [1.54, 1.807) is 20.8 Å². The minimum Gasteiger partial charge on any atom is -0.480 e. The Labute approximate surface area is 121 Å². The molecule has 1 fully saturated rings. The van der Waals surface area contributed by atoms with Gasteiger partial charge in [-0.25, -0.2) is 9.59 Å². The predicted molar refractivity (Wildman–Crippen MR) is 78.5 cm³/mol. The third kappa shape index (κ3) is 5.02. The number of amides is 2. The first-order chi connectivity index (χ1) is 9.09. The van der Waals surface area contributed by atoms with Crippen molar-refractivity contribution in [3.05, 3.63) is 0 Å². The molecule has 0 aromatic rings. The van der Waals surface area contributed by atoms with Crippen molar-refractivity contribution in [1.82, 2.24) is 10.6 Å². The van der Waals surface area contributed by atoms with E-state index in [9.17, 15) is 14.7 Å². The fraction of sp³-hybridized carbons (Fsp3) is 0.867. The minimum atomic E-state index is -1.00. The van der Waals surface area contributed by atoms with Crippen LogP contribution in [0.25, 0.3) is 0 Å². The quantitative estimate of drug-likeness (QED) is 0.745. The number of rotatable bonds is 3. The Morgan fingerprint density at radius 3 is 2.00 bits per heavy atom. The van der Waals surface area contributed by atoms with Crippen molar-refractivity contribution in [2.24, 2.45) is 17.3 Å². The lowest BCUT2D eigenvalue weighted by atomic mass is 9.80. The summed E-state index contributed by atoms with van der Waals surface area (Å²) in [5.41, 5.74) is -0.518. The molecule has 1 saturated carbocycles. The molecule has 0 aromatic carbocycles. The van der Waals surface area contributed by atoms with E-state index in [0.29, 0.717) is 11.8 Å². The van der Waals surface area contributed by atoms with Gasteiger partial charge in [-0.1, -0.05) is 34.6 Å². The van der Waals surface area contributed by atoms with Crippen molar-refractivity contribution < 1.29 is 14.7 Å². The first kappa shape index (κ1) is 16.8. The van der Waals surface area contributed by atoms with E-state index in [0.717, 1.165) is 12.8 Å². The summed E-state index contributed by atoms with van der Waals surface area (Å²) in [6.07, 6.45) is 3.12. The number of carboxylic acids is 1. The van der Waals surface area contributed by atoms with E-state index in [1.807, 2.05) is 0 Å². The molecule has 3 N–H and O–H groups in total. The average Bonchev–Trinajstić information content (AvgIpc) is 2.22. The molecule has 0 bridgehead atoms. The Morgan fingerprint density at radius 2 is 1.60 bits per heavy atom. The van der Waals surface area contributed by atoms with Gasteiger partial charge in [0, 0.05) is 6.04 Å². The van der Waals surface area contributed by atoms with E-state index in [2.05, 4.69) is 24.5 Å². The molecule has 1 aliphatic rings. The van der Waals surface area contributed by atoms with Crippen molar-refractivity contribution in [2.45, 2.75) is 66.0 Å². The van der Waals surface area contributed by atoms with Crippen LogP contribution in [-0.2, 0) is 4.79 Å². The molecule has 0 saturated heterocycles. The van der Waals surface area contributed by atoms with Crippen LogP contribution in [0.5, 0.6) is 0 Å². The van der Waals surface area contributed by atoms with Crippen LogP contribution in [0.3, 0.4) is 0 Å². The highest BCUT2D eigenvalue weighted by molar-refractivity contribution is 5.83. The average molecular weight is 284 g/mol. The highest BCUT2D eigenvalue weighted by atomic mass is 16.4. The van der Waals surface area contributed by atoms with Gasteiger partial charge in [0.2, 0.25) is 0 Å². The van der Waals surface area contributed by atoms with Crippen molar-refractivity contribution in [1.29, 1.82) is 0 Å². The zero-order valence-electron chi connectivity index (χ0n) is 13.2. The minimum absolute atomic E-state index is 0.142. The highest BCUT2D eigenvalue weighted by Gasteiger charge is 2.33. The maximum Gasteiger partial charge on any atom is 0.326 e. The molecule has 1 aliphatic carbocycles. The molecule has 5 heteroatoms. The summed E-state index contributed by atoms with van der Waals surface area (Å²) in [4.78, 5) is 23.2. The van der Waals surface area contributed by atoms with E-state index >= 15 is 0 Å². The molecule has 0 aromatic heterocycles. The lowest BCUT2D eigenvalue weighted by Gasteiger charge is -2.33. The topological polar surface area (TPSA) is 78.4 Å². The molecule has 0 heterocycles. The Morgan fingerprint density at radius 1 is 1.10 bits per heavy atom. The molecule has 5 nitrogen and oxygen atoms in total. The van der Waals surface area contributed by atoms with Gasteiger partial charge in [-0.3, -0.25) is 0 Å². The first-order valence-corrected chi connectivity index (χ1v) is 7.39. The Kier molecular flexibility index (Phi) is 5.42. The molecule has 2 amide bonds. The third-order valence-corrected chi connectivity index (χ3v) is 3.90. The van der Waals surface area contributed by atoms with Gasteiger partial charge in [-0.05, 0) is 36.5 Å². The van der Waals surface area contributed by atoms with E-state index in [1.165, 1.54) is 6.42 Å². The number of carbonyl (C=O) groups excluding carboxylic acids is 1. The zero-order chi connectivity index (χ0) is 15.5. The second-order valence-corrected chi connectivity index (χ2v) is 7.37. The number of carboxylic acid groups (broad SMARTS) is 1. The lowest BCUT2D eigenvalue weighted by Crippen LogP contribution is -2.54. The summed E-state index contributed by atoms with van der Waals surface area (Å²) >= 11 is 0. The SMILES string of the molecule is CC1CC(C)CC(NC(=O)N[C@H](C(=O)O)C(C)(C)C)C1. The van der Waals surface area contributed by atoms with Crippen molar-refractivity contribution in [2.75, 3.05) is 0 Å². The number of urea groups is 1. The zero-order valence-corrected chi connectivity index (χ0v) is 13.2. The summed E-state index contributed by atoms with van der Waals surface area (Å²) in [7, 11) is 0. The molecule has 0 spiro atoms. The van der Waals surface area contributed by atoms with Gasteiger partial charge in [0.05, 0.1) is 0 Å². The normalized spacial score (nSPS) is 28.6. The van der Waals surface area contributed by atoms with Gasteiger partial charge in [0.25, 0.3) is 0 Å². The monoisotopic (exact) mass is 284 g/mol.